The van der Waals surface area contributed by atoms with Gasteiger partial charge in [-0.3, -0.25) is 0 Å². The van der Waals surface area contributed by atoms with Gasteiger partial charge in [0, 0.05) is 30.3 Å². The van der Waals surface area contributed by atoms with Gasteiger partial charge < -0.3 is 30.1 Å². The molecular weight excluding hydrogens is 342 g/mol. The number of hydrogen-bond donors (Lipinski definition) is 4. The molecule has 0 aromatic heterocycles. The Balaban J connectivity index is 0.000000660. The maximum Gasteiger partial charge on any atom is 0.328 e. The summed E-state index contributed by atoms with van der Waals surface area (Å²) in [5, 5.41) is 28.5. The predicted molar refractivity (Wildman–Crippen MR) is 96.2 cm³/mol. The molecular formula is C18H27NO7. The second-order valence-electron chi connectivity index (χ2n) is 5.55. The van der Waals surface area contributed by atoms with Gasteiger partial charge in [-0.15, -0.1) is 0 Å². The molecule has 1 rings (SSSR count). The molecule has 0 spiro atoms. The van der Waals surface area contributed by atoms with E-state index < -0.39 is 18.0 Å². The van der Waals surface area contributed by atoms with E-state index in [0.29, 0.717) is 38.0 Å². The van der Waals surface area contributed by atoms with Crippen LogP contribution >= 0.6 is 0 Å². The highest BCUT2D eigenvalue weighted by molar-refractivity contribution is 5.89. The Morgan fingerprint density at radius 2 is 1.73 bits per heavy atom. The molecule has 4 N–H and O–H groups in total. The Kier molecular flexibility index (Phi) is 12.5. The molecule has 0 bridgehead atoms. The van der Waals surface area contributed by atoms with Gasteiger partial charge in [-0.05, 0) is 6.07 Å². The summed E-state index contributed by atoms with van der Waals surface area (Å²) in [7, 11) is 1.64. The van der Waals surface area contributed by atoms with Crippen molar-refractivity contribution in [2.24, 2.45) is 0 Å². The number of carboxylic acid groups (broad SMARTS) is 2. The second kappa shape index (κ2) is 13.8. The number of aliphatic hydroxyl groups excluding tert-OH is 1. The third kappa shape index (κ3) is 12.9. The predicted octanol–water partition coefficient (Wildman–Crippen LogP) is 1.28. The fraction of sp³-hybridized carbons (Fsp3) is 0.444. The number of nitrogens with one attached hydrogen (secondary N) is 1. The van der Waals surface area contributed by atoms with Crippen molar-refractivity contribution in [1.82, 2.24) is 5.32 Å². The Bertz CT molecular complexity index is 556. The lowest BCUT2D eigenvalue weighted by molar-refractivity contribution is -0.134. The number of aliphatic hydroxyl groups is 1. The van der Waals surface area contributed by atoms with E-state index in [-0.39, 0.29) is 0 Å². The number of benzene rings is 1. The normalized spacial score (nSPS) is 11.7. The minimum absolute atomic E-state index is 0.317. The second-order valence-corrected chi connectivity index (χ2v) is 5.55. The van der Waals surface area contributed by atoms with Crippen molar-refractivity contribution in [2.45, 2.75) is 32.6 Å². The first-order valence-corrected chi connectivity index (χ1v) is 8.01. The molecule has 1 aromatic rings. The molecule has 0 saturated heterocycles. The third-order valence-corrected chi connectivity index (χ3v) is 2.89. The molecule has 1 unspecified atom stereocenters. The standard InChI is InChI=1S/C14H23NO3.C4H4O4/c1-11(2)15-8-13(16)10-18-9-12-6-4-5-7-14(12)17-3;5-3(6)1-2-4(7)8/h4-7,11,13,15-16H,8-10H2,1-3H3;1-2H,(H,5,6)(H,7,8)/b;2-1+. The monoisotopic (exact) mass is 369 g/mol. The molecule has 26 heavy (non-hydrogen) atoms. The smallest absolute Gasteiger partial charge is 0.328 e. The maximum atomic E-state index is 9.68. The van der Waals surface area contributed by atoms with Crippen LogP contribution in [0.5, 0.6) is 5.75 Å². The Hall–Kier alpha value is -2.42. The largest absolute Gasteiger partial charge is 0.496 e. The van der Waals surface area contributed by atoms with E-state index in [9.17, 15) is 14.7 Å². The van der Waals surface area contributed by atoms with Gasteiger partial charge in [0.1, 0.15) is 5.75 Å². The van der Waals surface area contributed by atoms with Crippen LogP contribution in [0.1, 0.15) is 19.4 Å². The van der Waals surface area contributed by atoms with Gasteiger partial charge >= 0.3 is 11.9 Å². The zero-order valence-corrected chi connectivity index (χ0v) is 15.2. The number of carbonyl (C=O) groups is 2. The first-order chi connectivity index (χ1) is 12.3. The summed E-state index contributed by atoms with van der Waals surface area (Å²) < 4.78 is 10.7. The van der Waals surface area contributed by atoms with Gasteiger partial charge in [0.2, 0.25) is 0 Å². The number of rotatable bonds is 10. The summed E-state index contributed by atoms with van der Waals surface area (Å²) in [6, 6.07) is 8.09. The molecule has 0 radical (unpaired) electrons. The van der Waals surface area contributed by atoms with Gasteiger partial charge in [0.25, 0.3) is 0 Å². The summed E-state index contributed by atoms with van der Waals surface area (Å²) in [5.41, 5.74) is 0.990. The van der Waals surface area contributed by atoms with E-state index in [1.54, 1.807) is 7.11 Å². The molecule has 146 valence electrons. The Morgan fingerprint density at radius 3 is 2.23 bits per heavy atom. The van der Waals surface area contributed by atoms with Crippen LogP contribution in [-0.2, 0) is 20.9 Å². The highest BCUT2D eigenvalue weighted by Crippen LogP contribution is 2.17. The lowest BCUT2D eigenvalue weighted by atomic mass is 10.2. The molecule has 8 heteroatoms. The minimum Gasteiger partial charge on any atom is -0.496 e. The number of para-hydroxylation sites is 1. The SMILES string of the molecule is COc1ccccc1COCC(O)CNC(C)C.O=C(O)/C=C/C(=O)O. The van der Waals surface area contributed by atoms with Gasteiger partial charge in [0.05, 0.1) is 26.4 Å². The lowest BCUT2D eigenvalue weighted by Crippen LogP contribution is -2.34. The average molecular weight is 369 g/mol. The van der Waals surface area contributed by atoms with Crippen LogP contribution in [0.25, 0.3) is 0 Å². The van der Waals surface area contributed by atoms with Crippen molar-refractivity contribution in [3.05, 3.63) is 42.0 Å². The van der Waals surface area contributed by atoms with Crippen LogP contribution in [-0.4, -0.2) is 59.7 Å². The van der Waals surface area contributed by atoms with E-state index in [2.05, 4.69) is 5.32 Å². The molecule has 0 aliphatic rings. The number of ether oxygens (including phenoxy) is 2. The molecule has 1 atom stereocenters. The minimum atomic E-state index is -1.26. The topological polar surface area (TPSA) is 125 Å². The van der Waals surface area contributed by atoms with E-state index in [0.717, 1.165) is 11.3 Å². The van der Waals surface area contributed by atoms with Crippen molar-refractivity contribution >= 4 is 11.9 Å². The summed E-state index contributed by atoms with van der Waals surface area (Å²) >= 11 is 0. The van der Waals surface area contributed by atoms with Crippen LogP contribution in [0.2, 0.25) is 0 Å². The van der Waals surface area contributed by atoms with Crippen molar-refractivity contribution in [2.75, 3.05) is 20.3 Å². The van der Waals surface area contributed by atoms with Crippen molar-refractivity contribution in [3.8, 4) is 5.75 Å². The fourth-order valence-corrected chi connectivity index (χ4v) is 1.70. The first kappa shape index (κ1) is 23.6. The van der Waals surface area contributed by atoms with Crippen molar-refractivity contribution < 1.29 is 34.4 Å². The average Bonchev–Trinajstić information content (AvgIpc) is 2.59. The van der Waals surface area contributed by atoms with Crippen LogP contribution in [0, 0.1) is 0 Å². The zero-order chi connectivity index (χ0) is 19.9. The van der Waals surface area contributed by atoms with E-state index in [1.807, 2.05) is 38.1 Å². The van der Waals surface area contributed by atoms with E-state index in [1.165, 1.54) is 0 Å². The van der Waals surface area contributed by atoms with Gasteiger partial charge in [-0.25, -0.2) is 9.59 Å². The van der Waals surface area contributed by atoms with Gasteiger partial charge in [-0.1, -0.05) is 32.0 Å². The quantitative estimate of drug-likeness (QED) is 0.455. The van der Waals surface area contributed by atoms with Crippen molar-refractivity contribution in [3.63, 3.8) is 0 Å². The molecule has 0 heterocycles. The fourth-order valence-electron chi connectivity index (χ4n) is 1.70. The summed E-state index contributed by atoms with van der Waals surface area (Å²) in [6.07, 6.45) is 0.632. The Labute approximate surface area is 153 Å². The molecule has 0 saturated carbocycles. The Morgan fingerprint density at radius 1 is 1.15 bits per heavy atom. The molecule has 0 amide bonds. The number of aliphatic carboxylic acids is 2. The third-order valence-electron chi connectivity index (χ3n) is 2.89. The number of methoxy groups -OCH3 is 1. The summed E-state index contributed by atoms with van der Waals surface area (Å²) in [6.45, 7) is 5.40. The molecule has 0 aliphatic carbocycles. The maximum absolute atomic E-state index is 9.68. The van der Waals surface area contributed by atoms with Crippen LogP contribution in [0.4, 0.5) is 0 Å². The highest BCUT2D eigenvalue weighted by Gasteiger charge is 2.06. The summed E-state index contributed by atoms with van der Waals surface area (Å²) in [4.78, 5) is 19.1. The van der Waals surface area contributed by atoms with Crippen LogP contribution in [0.15, 0.2) is 36.4 Å². The molecule has 0 fully saturated rings. The van der Waals surface area contributed by atoms with E-state index >= 15 is 0 Å². The van der Waals surface area contributed by atoms with Crippen molar-refractivity contribution in [1.29, 1.82) is 0 Å². The molecule has 8 nitrogen and oxygen atoms in total. The van der Waals surface area contributed by atoms with Crippen LogP contribution in [0.3, 0.4) is 0 Å². The molecule has 0 aliphatic heterocycles. The van der Waals surface area contributed by atoms with E-state index in [4.69, 9.17) is 19.7 Å². The van der Waals surface area contributed by atoms with Gasteiger partial charge in [0.15, 0.2) is 0 Å². The number of hydrogen-bond acceptors (Lipinski definition) is 6. The zero-order valence-electron chi connectivity index (χ0n) is 15.2. The van der Waals surface area contributed by atoms with Gasteiger partial charge in [-0.2, -0.15) is 0 Å². The first-order valence-electron chi connectivity index (χ1n) is 8.01. The number of carboxylic acids is 2. The lowest BCUT2D eigenvalue weighted by Gasteiger charge is -2.15. The summed E-state index contributed by atoms with van der Waals surface area (Å²) in [5.74, 6) is -1.70. The molecule has 1 aromatic carbocycles. The highest BCUT2D eigenvalue weighted by atomic mass is 16.5. The van der Waals surface area contributed by atoms with Crippen LogP contribution < -0.4 is 10.1 Å².